The number of nitrogen functional groups attached to an aromatic ring is 1. The van der Waals surface area contributed by atoms with Gasteiger partial charge in [0.05, 0.1) is 6.61 Å². The fourth-order valence-corrected chi connectivity index (χ4v) is 1.70. The average molecular weight is 208 g/mol. The number of benzene rings is 1. The summed E-state index contributed by atoms with van der Waals surface area (Å²) in [5, 5.41) is 9.03. The van der Waals surface area contributed by atoms with Gasteiger partial charge in [-0.1, -0.05) is 6.07 Å². The van der Waals surface area contributed by atoms with Crippen LogP contribution >= 0.6 is 0 Å². The van der Waals surface area contributed by atoms with Crippen LogP contribution in [0.5, 0.6) is 0 Å². The molecule has 1 rings (SSSR count). The Bertz CT molecular complexity index is 323. The third kappa shape index (κ3) is 2.86. The third-order valence-electron chi connectivity index (χ3n) is 2.51. The molecule has 0 saturated carbocycles. The maximum Gasteiger partial charge on any atom is 0.0606 e. The van der Waals surface area contributed by atoms with Crippen molar-refractivity contribution in [3.63, 3.8) is 0 Å². The zero-order valence-corrected chi connectivity index (χ0v) is 9.70. The summed E-state index contributed by atoms with van der Waals surface area (Å²) in [5.41, 5.74) is 8.83. The van der Waals surface area contributed by atoms with Crippen LogP contribution in [0.4, 0.5) is 11.4 Å². The molecule has 0 radical (unpaired) electrons. The number of aryl methyl sites for hydroxylation is 1. The summed E-state index contributed by atoms with van der Waals surface area (Å²) in [4.78, 5) is 2.16. The Balaban J connectivity index is 3.04. The summed E-state index contributed by atoms with van der Waals surface area (Å²) in [6, 6.07) is 6.23. The maximum absolute atomic E-state index is 9.03. The Morgan fingerprint density at radius 3 is 2.60 bits per heavy atom. The standard InChI is InChI=1S/C12H20N2O/c1-9(2)14(6-7-15)12-8-11(13)5-4-10(12)3/h4-5,8-9,15H,6-7,13H2,1-3H3. The summed E-state index contributed by atoms with van der Waals surface area (Å²) in [6.45, 7) is 7.08. The minimum absolute atomic E-state index is 0.159. The van der Waals surface area contributed by atoms with E-state index in [1.165, 1.54) is 5.56 Å². The van der Waals surface area contributed by atoms with Crippen LogP contribution in [0.3, 0.4) is 0 Å². The van der Waals surface area contributed by atoms with Crippen LogP contribution < -0.4 is 10.6 Å². The van der Waals surface area contributed by atoms with Crippen molar-refractivity contribution in [1.29, 1.82) is 0 Å². The monoisotopic (exact) mass is 208 g/mol. The van der Waals surface area contributed by atoms with E-state index < -0.39 is 0 Å². The van der Waals surface area contributed by atoms with Gasteiger partial charge in [-0.05, 0) is 38.5 Å². The summed E-state index contributed by atoms with van der Waals surface area (Å²) >= 11 is 0. The molecule has 0 fully saturated rings. The number of anilines is 2. The van der Waals surface area contributed by atoms with Crippen LogP contribution in [0.2, 0.25) is 0 Å². The molecule has 0 bridgehead atoms. The number of nitrogens with zero attached hydrogens (tertiary/aromatic N) is 1. The summed E-state index contributed by atoms with van der Waals surface area (Å²) in [6.07, 6.45) is 0. The number of hydrogen-bond donors (Lipinski definition) is 2. The minimum atomic E-state index is 0.159. The molecule has 0 aliphatic rings. The third-order valence-corrected chi connectivity index (χ3v) is 2.51. The molecule has 84 valence electrons. The average Bonchev–Trinajstić information content (AvgIpc) is 2.18. The second-order valence-electron chi connectivity index (χ2n) is 4.06. The van der Waals surface area contributed by atoms with Gasteiger partial charge < -0.3 is 15.7 Å². The highest BCUT2D eigenvalue weighted by Gasteiger charge is 2.12. The Labute approximate surface area is 91.5 Å². The Kier molecular flexibility index (Phi) is 3.97. The zero-order valence-electron chi connectivity index (χ0n) is 9.70. The number of nitrogens with two attached hydrogens (primary N) is 1. The van der Waals surface area contributed by atoms with E-state index in [-0.39, 0.29) is 6.61 Å². The topological polar surface area (TPSA) is 49.5 Å². The quantitative estimate of drug-likeness (QED) is 0.742. The normalized spacial score (nSPS) is 10.7. The van der Waals surface area contributed by atoms with Gasteiger partial charge in [0, 0.05) is 24.0 Å². The van der Waals surface area contributed by atoms with Crippen molar-refractivity contribution in [3.8, 4) is 0 Å². The van der Waals surface area contributed by atoms with Crippen LogP contribution in [-0.2, 0) is 0 Å². The molecule has 0 aliphatic heterocycles. The predicted molar refractivity (Wildman–Crippen MR) is 65.2 cm³/mol. The first kappa shape index (κ1) is 11.9. The van der Waals surface area contributed by atoms with Gasteiger partial charge in [0.25, 0.3) is 0 Å². The summed E-state index contributed by atoms with van der Waals surface area (Å²) < 4.78 is 0. The highest BCUT2D eigenvalue weighted by molar-refractivity contribution is 5.61. The van der Waals surface area contributed by atoms with Crippen LogP contribution in [0.25, 0.3) is 0 Å². The second-order valence-corrected chi connectivity index (χ2v) is 4.06. The van der Waals surface area contributed by atoms with E-state index >= 15 is 0 Å². The number of rotatable bonds is 4. The van der Waals surface area contributed by atoms with Gasteiger partial charge in [0.2, 0.25) is 0 Å². The first-order valence-electron chi connectivity index (χ1n) is 5.30. The Morgan fingerprint density at radius 1 is 1.40 bits per heavy atom. The molecule has 0 atom stereocenters. The van der Waals surface area contributed by atoms with Crippen molar-refractivity contribution in [2.24, 2.45) is 0 Å². The molecule has 0 aliphatic carbocycles. The van der Waals surface area contributed by atoms with Crippen LogP contribution in [0.15, 0.2) is 18.2 Å². The first-order chi connectivity index (χ1) is 7.06. The molecule has 1 aromatic rings. The number of hydrogen-bond acceptors (Lipinski definition) is 3. The maximum atomic E-state index is 9.03. The van der Waals surface area contributed by atoms with Crippen LogP contribution in [-0.4, -0.2) is 24.3 Å². The number of aliphatic hydroxyl groups excluding tert-OH is 1. The fraction of sp³-hybridized carbons (Fsp3) is 0.500. The lowest BCUT2D eigenvalue weighted by atomic mass is 10.1. The van der Waals surface area contributed by atoms with E-state index in [4.69, 9.17) is 10.8 Å². The van der Waals surface area contributed by atoms with Crippen molar-refractivity contribution in [1.82, 2.24) is 0 Å². The molecule has 3 nitrogen and oxygen atoms in total. The Morgan fingerprint density at radius 2 is 2.07 bits per heavy atom. The van der Waals surface area contributed by atoms with Crippen molar-refractivity contribution >= 4 is 11.4 Å². The zero-order chi connectivity index (χ0) is 11.4. The summed E-state index contributed by atoms with van der Waals surface area (Å²) in [7, 11) is 0. The van der Waals surface area contributed by atoms with Gasteiger partial charge in [-0.2, -0.15) is 0 Å². The van der Waals surface area contributed by atoms with E-state index in [0.29, 0.717) is 12.6 Å². The van der Waals surface area contributed by atoms with Crippen molar-refractivity contribution < 1.29 is 5.11 Å². The summed E-state index contributed by atoms with van der Waals surface area (Å²) in [5.74, 6) is 0. The molecular formula is C12H20N2O. The van der Waals surface area contributed by atoms with E-state index in [9.17, 15) is 0 Å². The predicted octanol–water partition coefficient (Wildman–Crippen LogP) is 1.78. The molecule has 15 heavy (non-hydrogen) atoms. The SMILES string of the molecule is Cc1ccc(N)cc1N(CCO)C(C)C. The lowest BCUT2D eigenvalue weighted by Gasteiger charge is -2.30. The van der Waals surface area contributed by atoms with Crippen LogP contribution in [0.1, 0.15) is 19.4 Å². The second kappa shape index (κ2) is 5.03. The molecule has 0 spiro atoms. The largest absolute Gasteiger partial charge is 0.399 e. The van der Waals surface area contributed by atoms with Gasteiger partial charge in [0.1, 0.15) is 0 Å². The molecule has 1 aromatic carbocycles. The fourth-order valence-electron chi connectivity index (χ4n) is 1.70. The lowest BCUT2D eigenvalue weighted by molar-refractivity contribution is 0.299. The van der Waals surface area contributed by atoms with E-state index in [1.54, 1.807) is 0 Å². The number of aliphatic hydroxyl groups is 1. The first-order valence-corrected chi connectivity index (χ1v) is 5.30. The molecule has 0 aromatic heterocycles. The van der Waals surface area contributed by atoms with E-state index in [1.807, 2.05) is 18.2 Å². The Hall–Kier alpha value is -1.22. The molecule has 0 heterocycles. The highest BCUT2D eigenvalue weighted by Crippen LogP contribution is 2.24. The van der Waals surface area contributed by atoms with Gasteiger partial charge in [-0.25, -0.2) is 0 Å². The van der Waals surface area contributed by atoms with Crippen molar-refractivity contribution in [3.05, 3.63) is 23.8 Å². The van der Waals surface area contributed by atoms with Gasteiger partial charge in [0.15, 0.2) is 0 Å². The van der Waals surface area contributed by atoms with Crippen molar-refractivity contribution in [2.75, 3.05) is 23.8 Å². The van der Waals surface area contributed by atoms with Gasteiger partial charge >= 0.3 is 0 Å². The van der Waals surface area contributed by atoms with Gasteiger partial charge in [-0.15, -0.1) is 0 Å². The van der Waals surface area contributed by atoms with Crippen LogP contribution in [0, 0.1) is 6.92 Å². The lowest BCUT2D eigenvalue weighted by Crippen LogP contribution is -2.34. The smallest absolute Gasteiger partial charge is 0.0606 e. The molecular weight excluding hydrogens is 188 g/mol. The molecule has 3 heteroatoms. The van der Waals surface area contributed by atoms with E-state index in [0.717, 1.165) is 11.4 Å². The molecule has 0 unspecified atom stereocenters. The molecule has 0 amide bonds. The molecule has 3 N–H and O–H groups in total. The minimum Gasteiger partial charge on any atom is -0.399 e. The van der Waals surface area contributed by atoms with E-state index in [2.05, 4.69) is 25.7 Å². The van der Waals surface area contributed by atoms with Crippen molar-refractivity contribution in [2.45, 2.75) is 26.8 Å². The highest BCUT2D eigenvalue weighted by atomic mass is 16.3. The molecule has 0 saturated heterocycles. The van der Waals surface area contributed by atoms with Gasteiger partial charge in [-0.3, -0.25) is 0 Å².